The van der Waals surface area contributed by atoms with Gasteiger partial charge in [-0.05, 0) is 76.2 Å². The van der Waals surface area contributed by atoms with Gasteiger partial charge in [0.05, 0.1) is 47.7 Å². The summed E-state index contributed by atoms with van der Waals surface area (Å²) >= 11 is 6.05. The second kappa shape index (κ2) is 29.6. The molecule has 4 aliphatic heterocycles. The van der Waals surface area contributed by atoms with Gasteiger partial charge in [-0.3, -0.25) is 0 Å². The Kier molecular flexibility index (Phi) is 23.8. The highest BCUT2D eigenvalue weighted by Gasteiger charge is 2.40. The summed E-state index contributed by atoms with van der Waals surface area (Å²) in [6, 6.07) is 28.4. The summed E-state index contributed by atoms with van der Waals surface area (Å²) in [5, 5.41) is 43.8. The number of ether oxygens (including phenoxy) is 10. The van der Waals surface area contributed by atoms with Crippen LogP contribution in [0.5, 0.6) is 0 Å². The van der Waals surface area contributed by atoms with Crippen LogP contribution in [0.25, 0.3) is 0 Å². The number of carbonyl (C=O) groups is 4. The third-order valence-corrected chi connectivity index (χ3v) is 12.3. The normalized spacial score (nSPS) is 26.8. The molecule has 12 atom stereocenters. The molecule has 0 spiro atoms. The van der Waals surface area contributed by atoms with Gasteiger partial charge in [0, 0.05) is 39.9 Å². The van der Waals surface area contributed by atoms with Crippen molar-refractivity contribution in [2.75, 3.05) is 40.6 Å². The quantitative estimate of drug-likeness (QED) is 0.0630. The van der Waals surface area contributed by atoms with Crippen LogP contribution in [-0.4, -0.2) is 163 Å². The highest BCUT2D eigenvalue weighted by atomic mass is 35.5. The van der Waals surface area contributed by atoms with Gasteiger partial charge in [0.2, 0.25) is 0 Å². The van der Waals surface area contributed by atoms with Crippen LogP contribution in [0.3, 0.4) is 0 Å². The van der Waals surface area contributed by atoms with Crippen LogP contribution in [0.2, 0.25) is 0 Å². The molecule has 0 bridgehead atoms. The number of hydrogen-bond acceptors (Lipinski definition) is 19. The number of carbonyl (C=O) groups excluding carboxylic acids is 4. The van der Waals surface area contributed by atoms with Crippen molar-refractivity contribution in [3.05, 3.63) is 142 Å². The van der Waals surface area contributed by atoms with Crippen LogP contribution < -0.4 is 0 Å². The van der Waals surface area contributed by atoms with E-state index in [1.807, 2.05) is 76.2 Å². The van der Waals surface area contributed by atoms with Gasteiger partial charge in [0.15, 0.2) is 18.9 Å². The van der Waals surface area contributed by atoms with E-state index in [1.54, 1.807) is 48.5 Å². The maximum atomic E-state index is 12.4. The number of benzene rings is 4. The average Bonchev–Trinajstić information content (AvgIpc) is 4.16. The number of hydrogen-bond donors (Lipinski definition) is 5. The molecule has 4 aliphatic rings. The Bertz CT molecular complexity index is 2350. The van der Waals surface area contributed by atoms with Gasteiger partial charge in [0.1, 0.15) is 55.4 Å². The number of aryl methyl sites for hydroxylation is 4. The molecule has 19 nitrogen and oxygen atoms in total. The molecule has 0 amide bonds. The number of alkyl halides is 1. The van der Waals surface area contributed by atoms with Crippen molar-refractivity contribution in [3.8, 4) is 0 Å². The molecule has 5 N–H and O–H groups in total. The van der Waals surface area contributed by atoms with E-state index in [0.29, 0.717) is 41.5 Å². The number of methoxy groups -OCH3 is 2. The number of halogens is 1. The number of aliphatic hydroxyl groups excluding tert-OH is 5. The van der Waals surface area contributed by atoms with Gasteiger partial charge in [0.25, 0.3) is 0 Å². The second-order valence-corrected chi connectivity index (χ2v) is 18.4. The summed E-state index contributed by atoms with van der Waals surface area (Å²) in [6.45, 7) is 7.31. The van der Waals surface area contributed by atoms with Gasteiger partial charge in [-0.15, -0.1) is 0 Å². The van der Waals surface area contributed by atoms with Gasteiger partial charge in [-0.25, -0.2) is 19.2 Å². The van der Waals surface area contributed by atoms with Crippen molar-refractivity contribution in [3.63, 3.8) is 0 Å². The molecule has 0 saturated carbocycles. The Labute approximate surface area is 435 Å². The summed E-state index contributed by atoms with van der Waals surface area (Å²) in [4.78, 5) is 49.1. The summed E-state index contributed by atoms with van der Waals surface area (Å²) < 4.78 is 52.8. The Balaban J connectivity index is 0.000000203. The highest BCUT2D eigenvalue weighted by Crippen LogP contribution is 2.28. The first kappa shape index (κ1) is 59.5. The summed E-state index contributed by atoms with van der Waals surface area (Å²) in [5.74, 6) is -1.81. The summed E-state index contributed by atoms with van der Waals surface area (Å²) in [6.07, 6.45) is -5.12. The Morgan fingerprint density at radius 2 is 0.811 bits per heavy atom. The predicted octanol–water partition coefficient (Wildman–Crippen LogP) is 5.03. The number of rotatable bonds is 14. The molecule has 8 rings (SSSR count). The van der Waals surface area contributed by atoms with E-state index in [2.05, 4.69) is 4.74 Å². The third kappa shape index (κ3) is 18.5. The molecule has 0 radical (unpaired) electrons. The fraction of sp³-hybridized carbons (Fsp3) is 0.481. The fourth-order valence-electron chi connectivity index (χ4n) is 7.57. The molecule has 20 heteroatoms. The molecule has 3 unspecified atom stereocenters. The molecule has 4 fully saturated rings. The topological polar surface area (TPSA) is 262 Å². The third-order valence-electron chi connectivity index (χ3n) is 12.0. The van der Waals surface area contributed by atoms with Crippen molar-refractivity contribution >= 4 is 35.5 Å². The van der Waals surface area contributed by atoms with Crippen molar-refractivity contribution < 1.29 is 92.1 Å². The Morgan fingerprint density at radius 1 is 0.473 bits per heavy atom. The highest BCUT2D eigenvalue weighted by molar-refractivity contribution is 6.19. The van der Waals surface area contributed by atoms with Crippen molar-refractivity contribution in [2.24, 2.45) is 0 Å². The molecule has 0 aromatic heterocycles. The molecular weight excluding hydrogens is 988 g/mol. The van der Waals surface area contributed by atoms with E-state index >= 15 is 0 Å². The maximum absolute atomic E-state index is 12.4. The van der Waals surface area contributed by atoms with Crippen LogP contribution in [-0.2, 0) is 47.4 Å². The van der Waals surface area contributed by atoms with Crippen molar-refractivity contribution in [2.45, 2.75) is 127 Å². The molecule has 0 aliphatic carbocycles. The number of aliphatic hydroxyl groups is 5. The zero-order valence-electron chi connectivity index (χ0n) is 42.2. The van der Waals surface area contributed by atoms with Gasteiger partial charge in [-0.1, -0.05) is 82.4 Å². The molecule has 4 heterocycles. The lowest BCUT2D eigenvalue weighted by atomic mass is 10.1. The smallest absolute Gasteiger partial charge is 0.338 e. The van der Waals surface area contributed by atoms with Crippen LogP contribution >= 0.6 is 11.6 Å². The van der Waals surface area contributed by atoms with E-state index < -0.39 is 90.9 Å². The molecule has 404 valence electrons. The average molecular weight is 1060 g/mol. The Morgan fingerprint density at radius 3 is 1.15 bits per heavy atom. The lowest BCUT2D eigenvalue weighted by Crippen LogP contribution is -2.32. The van der Waals surface area contributed by atoms with Gasteiger partial charge >= 0.3 is 23.9 Å². The molecule has 4 aromatic carbocycles. The Hall–Kier alpha value is -5.39. The van der Waals surface area contributed by atoms with E-state index in [1.165, 1.54) is 14.2 Å². The molecule has 74 heavy (non-hydrogen) atoms. The fourth-order valence-corrected chi connectivity index (χ4v) is 7.88. The monoisotopic (exact) mass is 1050 g/mol. The number of esters is 4. The maximum Gasteiger partial charge on any atom is 0.338 e. The lowest BCUT2D eigenvalue weighted by molar-refractivity contribution is -0.128. The van der Waals surface area contributed by atoms with Crippen molar-refractivity contribution in [1.29, 1.82) is 0 Å². The minimum absolute atomic E-state index is 0.0294. The van der Waals surface area contributed by atoms with E-state index in [0.717, 1.165) is 22.3 Å². The first-order valence-electron chi connectivity index (χ1n) is 24.0. The second-order valence-electron chi connectivity index (χ2n) is 17.9. The molecule has 4 saturated heterocycles. The van der Waals surface area contributed by atoms with Crippen LogP contribution in [0.4, 0.5) is 0 Å². The first-order valence-corrected chi connectivity index (χ1v) is 24.4. The van der Waals surface area contributed by atoms with E-state index in [4.69, 9.17) is 79.8 Å². The van der Waals surface area contributed by atoms with E-state index in [-0.39, 0.29) is 39.1 Å². The molecule has 4 aromatic rings. The standard InChI is InChI=1S/C22H24O6.C21H21ClO5.C6H12O4.C5H10O4/c1-14-4-8-16(9-5-14)21(23)26-13-19-18(12-20(25-3)27-19)28-22(24)17-10-6-15(2)7-11-17;1-13-3-7-15(8-4-13)20(23)25-12-18-17(11-19(22)26-18)27-21(24)16-9-5-14(2)6-10-16;1-9-6-2-4(8)5(3-7)10-6;6-2-4-3(7)1-5(8)9-4/h4-11,18-20H,12-13H2,1-3H3;3-10,17-19H,11-12H2,1-2H3;4-8H,2-3H2,1H3;3-8H,1-2H2/t18-,19+,20?;17-,18+,19-;4-,5+,6?;3-,4+,5?/m0000/s1. The van der Waals surface area contributed by atoms with Crippen LogP contribution in [0.1, 0.15) is 89.4 Å². The van der Waals surface area contributed by atoms with Crippen LogP contribution in [0, 0.1) is 27.7 Å². The zero-order valence-corrected chi connectivity index (χ0v) is 42.9. The van der Waals surface area contributed by atoms with Gasteiger partial charge < -0.3 is 72.9 Å². The largest absolute Gasteiger partial charge is 0.459 e. The van der Waals surface area contributed by atoms with Crippen molar-refractivity contribution in [1.82, 2.24) is 0 Å². The minimum atomic E-state index is -0.905. The molecular formula is C54H67ClO19. The minimum Gasteiger partial charge on any atom is -0.459 e. The SMILES string of the molecule is COC1C[C@H](O)[C@@H](CO)O1.COC1C[C@H](OC(=O)c2ccc(C)cc2)[C@@H](COC(=O)c2ccc(C)cc2)O1.Cc1ccc(C(=O)OC[C@H]2O[C@H](Cl)C[C@@H]2OC(=O)c2ccc(C)cc2)cc1.OC[C@H]1OC(O)C[C@@H]1O. The first-order chi connectivity index (χ1) is 35.4. The van der Waals surface area contributed by atoms with E-state index in [9.17, 15) is 19.2 Å². The van der Waals surface area contributed by atoms with Gasteiger partial charge in [-0.2, -0.15) is 0 Å². The lowest BCUT2D eigenvalue weighted by Gasteiger charge is -2.19. The zero-order chi connectivity index (χ0) is 53.9. The summed E-state index contributed by atoms with van der Waals surface area (Å²) in [7, 11) is 3.03. The van der Waals surface area contributed by atoms with Crippen LogP contribution in [0.15, 0.2) is 97.1 Å². The summed E-state index contributed by atoms with van der Waals surface area (Å²) in [5.41, 5.74) is 5.45. The predicted molar refractivity (Wildman–Crippen MR) is 265 cm³/mol.